The summed E-state index contributed by atoms with van der Waals surface area (Å²) in [5.41, 5.74) is 0.471. The van der Waals surface area contributed by atoms with Crippen LogP contribution >= 0.6 is 11.6 Å². The summed E-state index contributed by atoms with van der Waals surface area (Å²) in [6.07, 6.45) is -0.893. The summed E-state index contributed by atoms with van der Waals surface area (Å²) in [5.74, 6) is -0.0111. The van der Waals surface area contributed by atoms with Crippen LogP contribution in [-0.2, 0) is 9.84 Å². The van der Waals surface area contributed by atoms with Crippen LogP contribution in [0, 0.1) is 0 Å². The van der Waals surface area contributed by atoms with Gasteiger partial charge in [-0.1, -0.05) is 60.1 Å². The van der Waals surface area contributed by atoms with E-state index < -0.39 is 15.9 Å². The Morgan fingerprint density at radius 1 is 0.857 bits per heavy atom. The van der Waals surface area contributed by atoms with Crippen molar-refractivity contribution < 1.29 is 17.9 Å². The molecule has 6 heteroatoms. The Labute approximate surface area is 169 Å². The van der Waals surface area contributed by atoms with Crippen LogP contribution in [0.4, 0.5) is 0 Å². The summed E-state index contributed by atoms with van der Waals surface area (Å²) in [6, 6.07) is 23.5. The largest absolute Gasteiger partial charge is 0.482 e. The number of carbonyl (C=O) groups excluding carboxylic acids is 1. The van der Waals surface area contributed by atoms with E-state index >= 15 is 0 Å². The SMILES string of the molecule is O=C(c1ccccc1)[C@@H](CCS(=O)(=O)c1ccccc1)Oc1ccc(Cl)cc1. The number of ether oxygens (including phenoxy) is 1. The molecule has 4 nitrogen and oxygen atoms in total. The van der Waals surface area contributed by atoms with Crippen molar-refractivity contribution in [2.24, 2.45) is 0 Å². The first-order valence-corrected chi connectivity index (χ1v) is 10.8. The number of Topliss-reactive ketones (excluding diaryl/α,β-unsaturated/α-hetero) is 1. The van der Waals surface area contributed by atoms with Gasteiger partial charge in [0.15, 0.2) is 15.9 Å². The lowest BCUT2D eigenvalue weighted by Crippen LogP contribution is -2.30. The van der Waals surface area contributed by atoms with Gasteiger partial charge in [0.1, 0.15) is 5.75 Å². The summed E-state index contributed by atoms with van der Waals surface area (Å²) >= 11 is 5.89. The van der Waals surface area contributed by atoms with Crippen LogP contribution in [0.25, 0.3) is 0 Å². The van der Waals surface area contributed by atoms with Crippen molar-refractivity contribution >= 4 is 27.2 Å². The van der Waals surface area contributed by atoms with Crippen LogP contribution < -0.4 is 4.74 Å². The average Bonchev–Trinajstić information content (AvgIpc) is 2.73. The zero-order valence-corrected chi connectivity index (χ0v) is 16.6. The van der Waals surface area contributed by atoms with Gasteiger partial charge in [0, 0.05) is 17.0 Å². The molecule has 144 valence electrons. The van der Waals surface area contributed by atoms with E-state index in [1.165, 1.54) is 0 Å². The van der Waals surface area contributed by atoms with E-state index in [9.17, 15) is 13.2 Å². The molecular formula is C22H19ClO4S. The Kier molecular flexibility index (Phi) is 6.49. The third-order valence-electron chi connectivity index (χ3n) is 4.19. The molecule has 28 heavy (non-hydrogen) atoms. The van der Waals surface area contributed by atoms with Crippen molar-refractivity contribution in [1.82, 2.24) is 0 Å². The van der Waals surface area contributed by atoms with E-state index in [0.29, 0.717) is 16.3 Å². The Balaban J connectivity index is 1.81. The number of halogens is 1. The summed E-state index contributed by atoms with van der Waals surface area (Å²) in [4.78, 5) is 13.2. The molecule has 0 spiro atoms. The number of ketones is 1. The third-order valence-corrected chi connectivity index (χ3v) is 6.21. The first-order chi connectivity index (χ1) is 13.5. The Morgan fingerprint density at radius 2 is 1.43 bits per heavy atom. The van der Waals surface area contributed by atoms with Crippen LogP contribution in [-0.4, -0.2) is 26.1 Å². The number of hydrogen-bond donors (Lipinski definition) is 0. The molecule has 3 aromatic carbocycles. The molecule has 0 unspecified atom stereocenters. The molecule has 0 heterocycles. The molecule has 3 aromatic rings. The minimum atomic E-state index is -3.52. The van der Waals surface area contributed by atoms with Gasteiger partial charge < -0.3 is 4.74 Å². The first kappa shape index (κ1) is 20.1. The van der Waals surface area contributed by atoms with Crippen LogP contribution in [0.1, 0.15) is 16.8 Å². The smallest absolute Gasteiger partial charge is 0.203 e. The normalized spacial score (nSPS) is 12.3. The van der Waals surface area contributed by atoms with Crippen molar-refractivity contribution in [3.63, 3.8) is 0 Å². The molecule has 0 N–H and O–H groups in total. The summed E-state index contributed by atoms with van der Waals surface area (Å²) in [6.45, 7) is 0. The second kappa shape index (κ2) is 9.04. The zero-order valence-electron chi connectivity index (χ0n) is 15.0. The molecule has 0 aliphatic rings. The predicted molar refractivity (Wildman–Crippen MR) is 110 cm³/mol. The number of hydrogen-bond acceptors (Lipinski definition) is 4. The highest BCUT2D eigenvalue weighted by molar-refractivity contribution is 7.91. The van der Waals surface area contributed by atoms with Gasteiger partial charge in [0.05, 0.1) is 10.6 Å². The lowest BCUT2D eigenvalue weighted by Gasteiger charge is -2.18. The molecule has 0 aromatic heterocycles. The number of rotatable bonds is 8. The average molecular weight is 415 g/mol. The molecule has 0 amide bonds. The highest BCUT2D eigenvalue weighted by atomic mass is 35.5. The van der Waals surface area contributed by atoms with Crippen LogP contribution in [0.3, 0.4) is 0 Å². The first-order valence-electron chi connectivity index (χ1n) is 8.75. The number of carbonyl (C=O) groups is 1. The van der Waals surface area contributed by atoms with Gasteiger partial charge in [-0.25, -0.2) is 8.42 Å². The van der Waals surface area contributed by atoms with Crippen molar-refractivity contribution in [3.8, 4) is 5.75 Å². The van der Waals surface area contributed by atoms with Crippen LogP contribution in [0.5, 0.6) is 5.75 Å². The molecule has 0 radical (unpaired) electrons. The molecule has 1 atom stereocenters. The van der Waals surface area contributed by atoms with E-state index in [2.05, 4.69) is 0 Å². The fourth-order valence-corrected chi connectivity index (χ4v) is 4.18. The highest BCUT2D eigenvalue weighted by Gasteiger charge is 2.25. The topological polar surface area (TPSA) is 60.4 Å². The summed E-state index contributed by atoms with van der Waals surface area (Å²) in [5, 5.41) is 0.546. The minimum absolute atomic E-state index is 0.0353. The second-order valence-electron chi connectivity index (χ2n) is 6.21. The molecule has 0 aliphatic heterocycles. The lowest BCUT2D eigenvalue weighted by atomic mass is 10.0. The Morgan fingerprint density at radius 3 is 2.04 bits per heavy atom. The monoisotopic (exact) mass is 414 g/mol. The van der Waals surface area contributed by atoms with Gasteiger partial charge in [0.2, 0.25) is 5.78 Å². The molecule has 0 bridgehead atoms. The fraction of sp³-hybridized carbons (Fsp3) is 0.136. The standard InChI is InChI=1S/C22H19ClO4S/c23-18-11-13-19(14-12-18)27-21(22(24)17-7-3-1-4-8-17)15-16-28(25,26)20-9-5-2-6-10-20/h1-14,21H,15-16H2/t21-/m1/s1. The van der Waals surface area contributed by atoms with E-state index in [1.54, 1.807) is 78.9 Å². The maximum atomic E-state index is 12.9. The Hall–Kier alpha value is -2.63. The zero-order chi connectivity index (χ0) is 20.0. The van der Waals surface area contributed by atoms with Gasteiger partial charge in [0.25, 0.3) is 0 Å². The van der Waals surface area contributed by atoms with Crippen molar-refractivity contribution in [2.45, 2.75) is 17.4 Å². The van der Waals surface area contributed by atoms with Gasteiger partial charge >= 0.3 is 0 Å². The maximum absolute atomic E-state index is 12.9. The van der Waals surface area contributed by atoms with E-state index in [-0.39, 0.29) is 22.9 Å². The predicted octanol–water partition coefficient (Wildman–Crippen LogP) is 4.83. The summed E-state index contributed by atoms with van der Waals surface area (Å²) in [7, 11) is -3.52. The molecule has 0 fully saturated rings. The van der Waals surface area contributed by atoms with E-state index in [4.69, 9.17) is 16.3 Å². The molecular weight excluding hydrogens is 396 g/mol. The van der Waals surface area contributed by atoms with Crippen LogP contribution in [0.15, 0.2) is 89.8 Å². The fourth-order valence-electron chi connectivity index (χ4n) is 2.72. The van der Waals surface area contributed by atoms with Gasteiger partial charge in [-0.3, -0.25) is 4.79 Å². The molecule has 0 aliphatic carbocycles. The second-order valence-corrected chi connectivity index (χ2v) is 8.76. The van der Waals surface area contributed by atoms with Gasteiger partial charge in [-0.2, -0.15) is 0 Å². The van der Waals surface area contributed by atoms with Crippen molar-refractivity contribution in [3.05, 3.63) is 95.5 Å². The van der Waals surface area contributed by atoms with Crippen LogP contribution in [0.2, 0.25) is 5.02 Å². The Bertz CT molecular complexity index is 1020. The van der Waals surface area contributed by atoms with Gasteiger partial charge in [-0.15, -0.1) is 0 Å². The summed E-state index contributed by atoms with van der Waals surface area (Å²) < 4.78 is 31.1. The molecule has 0 saturated heterocycles. The minimum Gasteiger partial charge on any atom is -0.482 e. The number of sulfone groups is 1. The molecule has 0 saturated carbocycles. The third kappa shape index (κ3) is 5.21. The van der Waals surface area contributed by atoms with Gasteiger partial charge in [-0.05, 0) is 36.4 Å². The van der Waals surface area contributed by atoms with E-state index in [1.807, 2.05) is 6.07 Å². The maximum Gasteiger partial charge on any atom is 0.203 e. The van der Waals surface area contributed by atoms with Crippen molar-refractivity contribution in [1.29, 1.82) is 0 Å². The lowest BCUT2D eigenvalue weighted by molar-refractivity contribution is 0.0788. The quantitative estimate of drug-likeness (QED) is 0.495. The van der Waals surface area contributed by atoms with Crippen molar-refractivity contribution in [2.75, 3.05) is 5.75 Å². The van der Waals surface area contributed by atoms with E-state index in [0.717, 1.165) is 0 Å². The molecule has 3 rings (SSSR count). The highest BCUT2D eigenvalue weighted by Crippen LogP contribution is 2.21. The number of benzene rings is 3.